The molecule has 0 unspecified atom stereocenters. The summed E-state index contributed by atoms with van der Waals surface area (Å²) in [4.78, 5) is 0. The predicted octanol–water partition coefficient (Wildman–Crippen LogP) is 2.15. The molecule has 14 heavy (non-hydrogen) atoms. The average molecular weight is 299 g/mol. The molecule has 0 heterocycles. The van der Waals surface area contributed by atoms with E-state index < -0.39 is 10.0 Å². The van der Waals surface area contributed by atoms with Gasteiger partial charge in [-0.1, -0.05) is 33.6 Å². The standard InChI is InChI=1S/C8H9BrClNO2S/c1-11-14(12,13)5-6-2-3-7(10)4-8(6)9/h2-4,11H,5H2,1H3. The van der Waals surface area contributed by atoms with Crippen LogP contribution in [0.4, 0.5) is 0 Å². The summed E-state index contributed by atoms with van der Waals surface area (Å²) >= 11 is 8.98. The highest BCUT2D eigenvalue weighted by molar-refractivity contribution is 9.10. The van der Waals surface area contributed by atoms with Crippen LogP contribution < -0.4 is 4.72 Å². The van der Waals surface area contributed by atoms with Crippen molar-refractivity contribution < 1.29 is 8.42 Å². The molecule has 0 saturated carbocycles. The lowest BCUT2D eigenvalue weighted by atomic mass is 10.2. The number of hydrogen-bond acceptors (Lipinski definition) is 2. The Labute approximate surface area is 96.6 Å². The Balaban J connectivity index is 2.99. The van der Waals surface area contributed by atoms with E-state index in [0.717, 1.165) is 0 Å². The maximum absolute atomic E-state index is 11.2. The van der Waals surface area contributed by atoms with Crippen LogP contribution in [0.5, 0.6) is 0 Å². The highest BCUT2D eigenvalue weighted by Gasteiger charge is 2.11. The van der Waals surface area contributed by atoms with Gasteiger partial charge >= 0.3 is 0 Å². The number of nitrogens with one attached hydrogen (secondary N) is 1. The topological polar surface area (TPSA) is 46.2 Å². The number of halogens is 2. The van der Waals surface area contributed by atoms with E-state index in [9.17, 15) is 8.42 Å². The van der Waals surface area contributed by atoms with Crippen LogP contribution >= 0.6 is 27.5 Å². The van der Waals surface area contributed by atoms with Crippen molar-refractivity contribution in [2.24, 2.45) is 0 Å². The van der Waals surface area contributed by atoms with Crippen molar-refractivity contribution in [1.82, 2.24) is 4.72 Å². The lowest BCUT2D eigenvalue weighted by Gasteiger charge is -2.05. The van der Waals surface area contributed by atoms with Gasteiger partial charge in [0.1, 0.15) is 0 Å². The van der Waals surface area contributed by atoms with Crippen molar-refractivity contribution in [3.05, 3.63) is 33.3 Å². The second-order valence-electron chi connectivity index (χ2n) is 2.70. The highest BCUT2D eigenvalue weighted by atomic mass is 79.9. The van der Waals surface area contributed by atoms with E-state index in [0.29, 0.717) is 15.1 Å². The molecule has 0 amide bonds. The normalized spacial score (nSPS) is 11.6. The Morgan fingerprint density at radius 1 is 1.50 bits per heavy atom. The molecule has 1 N–H and O–H groups in total. The van der Waals surface area contributed by atoms with Crippen LogP contribution in [0.2, 0.25) is 5.02 Å². The van der Waals surface area contributed by atoms with Gasteiger partial charge in [-0.15, -0.1) is 0 Å². The Hall–Kier alpha value is -0.100. The lowest BCUT2D eigenvalue weighted by molar-refractivity contribution is 0.587. The maximum Gasteiger partial charge on any atom is 0.215 e. The van der Waals surface area contributed by atoms with Gasteiger partial charge in [-0.05, 0) is 24.7 Å². The number of rotatable bonds is 3. The molecular formula is C8H9BrClNO2S. The molecule has 0 spiro atoms. The minimum atomic E-state index is -3.23. The molecule has 0 aliphatic carbocycles. The van der Waals surface area contributed by atoms with Gasteiger partial charge in [-0.25, -0.2) is 13.1 Å². The highest BCUT2D eigenvalue weighted by Crippen LogP contribution is 2.22. The minimum Gasteiger partial charge on any atom is -0.218 e. The van der Waals surface area contributed by atoms with Crippen LogP contribution in [-0.2, 0) is 15.8 Å². The van der Waals surface area contributed by atoms with Gasteiger partial charge in [0, 0.05) is 9.50 Å². The molecule has 3 nitrogen and oxygen atoms in total. The third kappa shape index (κ3) is 3.24. The molecule has 78 valence electrons. The van der Waals surface area contributed by atoms with Crippen LogP contribution in [-0.4, -0.2) is 15.5 Å². The second-order valence-corrected chi connectivity index (χ2v) is 5.92. The van der Waals surface area contributed by atoms with Crippen LogP contribution in [0.25, 0.3) is 0 Å². The zero-order chi connectivity index (χ0) is 10.8. The summed E-state index contributed by atoms with van der Waals surface area (Å²) in [7, 11) is -1.84. The quantitative estimate of drug-likeness (QED) is 0.929. The van der Waals surface area contributed by atoms with Crippen molar-refractivity contribution in [1.29, 1.82) is 0 Å². The summed E-state index contributed by atoms with van der Waals surface area (Å²) in [5.41, 5.74) is 0.684. The Bertz CT molecular complexity index is 433. The van der Waals surface area contributed by atoms with Crippen molar-refractivity contribution >= 4 is 37.6 Å². The number of benzene rings is 1. The molecule has 1 rings (SSSR count). The van der Waals surface area contributed by atoms with Gasteiger partial charge in [0.2, 0.25) is 10.0 Å². The Morgan fingerprint density at radius 2 is 2.14 bits per heavy atom. The molecule has 0 aromatic heterocycles. The van der Waals surface area contributed by atoms with E-state index in [1.807, 2.05) is 0 Å². The van der Waals surface area contributed by atoms with Crippen molar-refractivity contribution in [2.45, 2.75) is 5.75 Å². The first kappa shape index (κ1) is 12.0. The predicted molar refractivity (Wildman–Crippen MR) is 60.8 cm³/mol. The maximum atomic E-state index is 11.2. The lowest BCUT2D eigenvalue weighted by Crippen LogP contribution is -2.20. The fourth-order valence-electron chi connectivity index (χ4n) is 0.916. The zero-order valence-electron chi connectivity index (χ0n) is 7.42. The molecular weight excluding hydrogens is 290 g/mol. The van der Waals surface area contributed by atoms with Gasteiger partial charge in [-0.3, -0.25) is 0 Å². The Kier molecular flexibility index (Phi) is 3.94. The smallest absolute Gasteiger partial charge is 0.215 e. The summed E-state index contributed by atoms with van der Waals surface area (Å²) in [5, 5.41) is 0.572. The van der Waals surface area contributed by atoms with Crippen LogP contribution in [0.3, 0.4) is 0 Å². The van der Waals surface area contributed by atoms with Crippen molar-refractivity contribution in [3.8, 4) is 0 Å². The third-order valence-electron chi connectivity index (χ3n) is 1.67. The van der Waals surface area contributed by atoms with E-state index in [1.54, 1.807) is 18.2 Å². The monoisotopic (exact) mass is 297 g/mol. The van der Waals surface area contributed by atoms with Gasteiger partial charge in [0.25, 0.3) is 0 Å². The van der Waals surface area contributed by atoms with Gasteiger partial charge in [0.05, 0.1) is 5.75 Å². The molecule has 0 aliphatic rings. The van der Waals surface area contributed by atoms with Gasteiger partial charge in [-0.2, -0.15) is 0 Å². The summed E-state index contributed by atoms with van der Waals surface area (Å²) in [6.07, 6.45) is 0. The zero-order valence-corrected chi connectivity index (χ0v) is 10.6. The van der Waals surface area contributed by atoms with Gasteiger partial charge < -0.3 is 0 Å². The van der Waals surface area contributed by atoms with Crippen LogP contribution in [0.15, 0.2) is 22.7 Å². The fourth-order valence-corrected chi connectivity index (χ4v) is 2.73. The average Bonchev–Trinajstić information content (AvgIpc) is 2.10. The summed E-state index contributed by atoms with van der Waals surface area (Å²) in [5.74, 6) is -0.0543. The van der Waals surface area contributed by atoms with Crippen LogP contribution in [0.1, 0.15) is 5.56 Å². The summed E-state index contributed by atoms with van der Waals surface area (Å²) in [6.45, 7) is 0. The summed E-state index contributed by atoms with van der Waals surface area (Å²) < 4.78 is 25.4. The molecule has 0 aliphatic heterocycles. The van der Waals surface area contributed by atoms with Crippen molar-refractivity contribution in [3.63, 3.8) is 0 Å². The minimum absolute atomic E-state index is 0.0543. The first-order valence-corrected chi connectivity index (χ1v) is 6.62. The number of sulfonamides is 1. The first-order valence-electron chi connectivity index (χ1n) is 3.80. The number of hydrogen-bond donors (Lipinski definition) is 1. The molecule has 0 saturated heterocycles. The first-order chi connectivity index (χ1) is 6.44. The summed E-state index contributed by atoms with van der Waals surface area (Å²) in [6, 6.07) is 5.01. The Morgan fingerprint density at radius 3 is 2.64 bits per heavy atom. The fraction of sp³-hybridized carbons (Fsp3) is 0.250. The van der Waals surface area contributed by atoms with E-state index >= 15 is 0 Å². The van der Waals surface area contributed by atoms with Crippen LogP contribution in [0, 0.1) is 0 Å². The second kappa shape index (κ2) is 4.61. The van der Waals surface area contributed by atoms with E-state index in [1.165, 1.54) is 7.05 Å². The molecule has 1 aromatic rings. The molecule has 0 fully saturated rings. The SMILES string of the molecule is CNS(=O)(=O)Cc1ccc(Cl)cc1Br. The molecule has 6 heteroatoms. The van der Waals surface area contributed by atoms with E-state index in [4.69, 9.17) is 11.6 Å². The molecule has 1 aromatic carbocycles. The third-order valence-corrected chi connectivity index (χ3v) is 3.96. The van der Waals surface area contributed by atoms with E-state index in [-0.39, 0.29) is 5.75 Å². The largest absolute Gasteiger partial charge is 0.218 e. The molecule has 0 radical (unpaired) electrons. The van der Waals surface area contributed by atoms with E-state index in [2.05, 4.69) is 20.7 Å². The molecule has 0 bridgehead atoms. The molecule has 0 atom stereocenters. The van der Waals surface area contributed by atoms with Gasteiger partial charge in [0.15, 0.2) is 0 Å². The van der Waals surface area contributed by atoms with Crippen molar-refractivity contribution in [2.75, 3.05) is 7.05 Å².